The van der Waals surface area contributed by atoms with Crippen LogP contribution in [-0.4, -0.2) is 13.3 Å². The Kier molecular flexibility index (Phi) is 2.93. The van der Waals surface area contributed by atoms with E-state index in [1.807, 2.05) is 0 Å². The van der Waals surface area contributed by atoms with Crippen LogP contribution >= 0.6 is 0 Å². The minimum Gasteiger partial charge on any atom is -0.495 e. The number of ether oxygens (including phenoxy) is 1. The lowest BCUT2D eigenvalue weighted by molar-refractivity contribution is -0.197. The van der Waals surface area contributed by atoms with Gasteiger partial charge in [0.1, 0.15) is 5.75 Å². The smallest absolute Gasteiger partial charge is 0.391 e. The number of nitrogens with two attached hydrogens (primary N) is 1. The number of hydrogen-bond acceptors (Lipinski definition) is 2. The lowest BCUT2D eigenvalue weighted by atomic mass is 9.71. The van der Waals surface area contributed by atoms with Gasteiger partial charge in [0.25, 0.3) is 0 Å². The van der Waals surface area contributed by atoms with E-state index in [9.17, 15) is 13.2 Å². The van der Waals surface area contributed by atoms with Gasteiger partial charge < -0.3 is 10.5 Å². The van der Waals surface area contributed by atoms with Gasteiger partial charge in [-0.2, -0.15) is 13.2 Å². The lowest BCUT2D eigenvalue weighted by Gasteiger charge is -2.37. The Morgan fingerprint density at radius 2 is 1.94 bits per heavy atom. The van der Waals surface area contributed by atoms with Gasteiger partial charge in [0.05, 0.1) is 18.7 Å². The topological polar surface area (TPSA) is 35.2 Å². The quantitative estimate of drug-likeness (QED) is 0.811. The van der Waals surface area contributed by atoms with Gasteiger partial charge in [-0.15, -0.1) is 0 Å². The molecule has 17 heavy (non-hydrogen) atoms. The van der Waals surface area contributed by atoms with E-state index in [0.29, 0.717) is 11.4 Å². The van der Waals surface area contributed by atoms with Crippen LogP contribution in [-0.2, 0) is 0 Å². The van der Waals surface area contributed by atoms with Crippen LogP contribution in [0.3, 0.4) is 0 Å². The summed E-state index contributed by atoms with van der Waals surface area (Å²) in [6.45, 7) is 0. The van der Waals surface area contributed by atoms with Crippen LogP contribution in [0.5, 0.6) is 5.75 Å². The highest BCUT2D eigenvalue weighted by molar-refractivity contribution is 5.54. The molecule has 2 nitrogen and oxygen atoms in total. The molecule has 2 N–H and O–H groups in total. The predicted octanol–water partition coefficient (Wildman–Crippen LogP) is 3.33. The van der Waals surface area contributed by atoms with Gasteiger partial charge in [-0.05, 0) is 36.5 Å². The van der Waals surface area contributed by atoms with Crippen molar-refractivity contribution < 1.29 is 17.9 Å². The van der Waals surface area contributed by atoms with Crippen LogP contribution in [0.2, 0.25) is 0 Å². The number of halogens is 3. The molecule has 0 amide bonds. The number of hydrogen-bond donors (Lipinski definition) is 1. The van der Waals surface area contributed by atoms with Gasteiger partial charge in [-0.3, -0.25) is 0 Å². The second-order valence-corrected chi connectivity index (χ2v) is 4.41. The van der Waals surface area contributed by atoms with Crippen LogP contribution < -0.4 is 10.5 Å². The molecule has 1 aliphatic rings. The van der Waals surface area contributed by atoms with Gasteiger partial charge in [0.15, 0.2) is 0 Å². The molecule has 0 spiro atoms. The maximum absolute atomic E-state index is 12.4. The van der Waals surface area contributed by atoms with Crippen LogP contribution in [0.25, 0.3) is 0 Å². The second-order valence-electron chi connectivity index (χ2n) is 4.41. The highest BCUT2D eigenvalue weighted by atomic mass is 19.4. The Balaban J connectivity index is 2.07. The first-order chi connectivity index (χ1) is 7.91. The molecule has 0 aromatic heterocycles. The summed E-state index contributed by atoms with van der Waals surface area (Å²) in [5.74, 6) is -0.662. The maximum Gasteiger partial charge on any atom is 0.391 e. The molecule has 0 aliphatic heterocycles. The monoisotopic (exact) mass is 245 g/mol. The highest BCUT2D eigenvalue weighted by Gasteiger charge is 2.48. The van der Waals surface area contributed by atoms with Gasteiger partial charge in [0.2, 0.25) is 0 Å². The Hall–Kier alpha value is -1.39. The van der Waals surface area contributed by atoms with Gasteiger partial charge >= 0.3 is 6.18 Å². The van der Waals surface area contributed by atoms with Crippen molar-refractivity contribution >= 4 is 5.69 Å². The molecular weight excluding hydrogens is 231 g/mol. The molecule has 0 radical (unpaired) electrons. The number of methoxy groups -OCH3 is 1. The molecule has 94 valence electrons. The molecule has 5 heteroatoms. The van der Waals surface area contributed by atoms with Gasteiger partial charge in [0, 0.05) is 0 Å². The molecule has 1 fully saturated rings. The summed E-state index contributed by atoms with van der Waals surface area (Å²) in [5, 5.41) is 0. The third kappa shape index (κ3) is 2.33. The first-order valence-corrected chi connectivity index (χ1v) is 5.42. The molecule has 1 aromatic carbocycles. The van der Waals surface area contributed by atoms with E-state index < -0.39 is 12.1 Å². The Labute approximate surface area is 97.6 Å². The lowest BCUT2D eigenvalue weighted by Crippen LogP contribution is -2.34. The summed E-state index contributed by atoms with van der Waals surface area (Å²) < 4.78 is 42.1. The van der Waals surface area contributed by atoms with E-state index in [0.717, 1.165) is 5.56 Å². The van der Waals surface area contributed by atoms with E-state index in [1.165, 1.54) is 7.11 Å². The Morgan fingerprint density at radius 1 is 1.29 bits per heavy atom. The van der Waals surface area contributed by atoms with Crippen molar-refractivity contribution in [2.24, 2.45) is 5.92 Å². The van der Waals surface area contributed by atoms with Crippen molar-refractivity contribution in [1.82, 2.24) is 0 Å². The largest absolute Gasteiger partial charge is 0.495 e. The van der Waals surface area contributed by atoms with Crippen molar-refractivity contribution in [3.63, 3.8) is 0 Å². The van der Waals surface area contributed by atoms with E-state index in [1.54, 1.807) is 18.2 Å². The molecule has 1 aromatic rings. The molecule has 1 aliphatic carbocycles. The average Bonchev–Trinajstić information content (AvgIpc) is 2.16. The van der Waals surface area contributed by atoms with Crippen LogP contribution in [0.4, 0.5) is 18.9 Å². The minimum atomic E-state index is -4.06. The number of nitrogen functional groups attached to an aromatic ring is 1. The minimum absolute atomic E-state index is 0.0314. The maximum atomic E-state index is 12.4. The summed E-state index contributed by atoms with van der Waals surface area (Å²) in [5.41, 5.74) is 7.03. The number of rotatable bonds is 2. The van der Waals surface area contributed by atoms with Crippen LogP contribution in [0.1, 0.15) is 24.3 Å². The summed E-state index contributed by atoms with van der Waals surface area (Å²) in [6.07, 6.45) is -3.73. The zero-order chi connectivity index (χ0) is 12.6. The van der Waals surface area contributed by atoms with Crippen molar-refractivity contribution in [1.29, 1.82) is 0 Å². The number of anilines is 1. The fourth-order valence-corrected chi connectivity index (χ4v) is 2.14. The third-order valence-corrected chi connectivity index (χ3v) is 3.33. The SMILES string of the molecule is COc1cc(C2CC(C(F)(F)F)C2)ccc1N. The number of alkyl halides is 3. The molecular formula is C12H14F3NO. The first-order valence-electron chi connectivity index (χ1n) is 5.42. The van der Waals surface area contributed by atoms with Crippen molar-refractivity contribution in [2.45, 2.75) is 24.9 Å². The molecule has 2 rings (SSSR count). The summed E-state index contributed by atoms with van der Waals surface area (Å²) in [7, 11) is 1.49. The normalized spacial score (nSPS) is 24.2. The standard InChI is InChI=1S/C12H14F3NO/c1-17-11-6-7(2-3-10(11)16)8-4-9(5-8)12(13,14)15/h2-3,6,8-9H,4-5,16H2,1H3. The molecule has 0 saturated heterocycles. The van der Waals surface area contributed by atoms with Crippen molar-refractivity contribution in [3.05, 3.63) is 23.8 Å². The molecule has 1 saturated carbocycles. The number of benzene rings is 1. The van der Waals surface area contributed by atoms with Crippen LogP contribution in [0.15, 0.2) is 18.2 Å². The predicted molar refractivity (Wildman–Crippen MR) is 58.9 cm³/mol. The Bertz CT molecular complexity index is 411. The summed E-state index contributed by atoms with van der Waals surface area (Å²) in [4.78, 5) is 0. The molecule has 0 bridgehead atoms. The zero-order valence-corrected chi connectivity index (χ0v) is 9.42. The fourth-order valence-electron chi connectivity index (χ4n) is 2.14. The van der Waals surface area contributed by atoms with E-state index in [-0.39, 0.29) is 18.8 Å². The first kappa shape index (κ1) is 12.1. The van der Waals surface area contributed by atoms with Crippen LogP contribution in [0, 0.1) is 5.92 Å². The molecule has 0 atom stereocenters. The average molecular weight is 245 g/mol. The summed E-state index contributed by atoms with van der Waals surface area (Å²) >= 11 is 0. The highest BCUT2D eigenvalue weighted by Crippen LogP contribution is 2.50. The molecule has 0 unspecified atom stereocenters. The van der Waals surface area contributed by atoms with E-state index in [2.05, 4.69) is 0 Å². The van der Waals surface area contributed by atoms with Crippen molar-refractivity contribution in [2.75, 3.05) is 12.8 Å². The van der Waals surface area contributed by atoms with Gasteiger partial charge in [-0.25, -0.2) is 0 Å². The van der Waals surface area contributed by atoms with Gasteiger partial charge in [-0.1, -0.05) is 6.07 Å². The fraction of sp³-hybridized carbons (Fsp3) is 0.500. The Morgan fingerprint density at radius 3 is 2.47 bits per heavy atom. The zero-order valence-electron chi connectivity index (χ0n) is 9.42. The van der Waals surface area contributed by atoms with Crippen molar-refractivity contribution in [3.8, 4) is 5.75 Å². The second kappa shape index (κ2) is 4.13. The van der Waals surface area contributed by atoms with E-state index in [4.69, 9.17) is 10.5 Å². The van der Waals surface area contributed by atoms with E-state index >= 15 is 0 Å². The third-order valence-electron chi connectivity index (χ3n) is 3.33. The summed E-state index contributed by atoms with van der Waals surface area (Å²) in [6, 6.07) is 5.18. The molecule has 0 heterocycles.